The fraction of sp³-hybridized carbons (Fsp3) is 0.368. The molecule has 0 bridgehead atoms. The van der Waals surface area contributed by atoms with Gasteiger partial charge in [-0.15, -0.1) is 0 Å². The van der Waals surface area contributed by atoms with E-state index in [0.29, 0.717) is 38.4 Å². The molecule has 0 unspecified atom stereocenters. The van der Waals surface area contributed by atoms with Crippen molar-refractivity contribution >= 4 is 11.6 Å². The Hall–Kier alpha value is -2.60. The first kappa shape index (κ1) is 17.2. The average Bonchev–Trinajstić information content (AvgIpc) is 2.67. The number of hydrogen-bond acceptors (Lipinski definition) is 5. The highest BCUT2D eigenvalue weighted by atomic mass is 16.5. The van der Waals surface area contributed by atoms with Crippen molar-refractivity contribution in [3.8, 4) is 5.75 Å². The molecule has 3 rings (SSSR count). The maximum atomic E-state index is 12.5. The van der Waals surface area contributed by atoms with Crippen molar-refractivity contribution in [1.29, 1.82) is 0 Å². The van der Waals surface area contributed by atoms with Crippen LogP contribution in [0, 0.1) is 6.92 Å². The van der Waals surface area contributed by atoms with Gasteiger partial charge in [0.25, 0.3) is 5.91 Å². The molecule has 1 aromatic carbocycles. The molecule has 2 aromatic rings. The molecule has 1 aliphatic heterocycles. The summed E-state index contributed by atoms with van der Waals surface area (Å²) in [6.45, 7) is 5.14. The molecule has 1 amide bonds. The zero-order valence-electron chi connectivity index (χ0n) is 14.6. The highest BCUT2D eigenvalue weighted by Crippen LogP contribution is 2.19. The Morgan fingerprint density at radius 3 is 2.72 bits per heavy atom. The van der Waals surface area contributed by atoms with Gasteiger partial charge in [0.05, 0.1) is 38.8 Å². The highest BCUT2D eigenvalue weighted by molar-refractivity contribution is 5.95. The van der Waals surface area contributed by atoms with E-state index in [-0.39, 0.29) is 5.91 Å². The Morgan fingerprint density at radius 2 is 2.08 bits per heavy atom. The van der Waals surface area contributed by atoms with E-state index < -0.39 is 0 Å². The van der Waals surface area contributed by atoms with Crippen LogP contribution in [0.2, 0.25) is 0 Å². The lowest BCUT2D eigenvalue weighted by Gasteiger charge is -2.27. The Morgan fingerprint density at radius 1 is 1.28 bits per heavy atom. The molecule has 0 spiro atoms. The van der Waals surface area contributed by atoms with E-state index in [9.17, 15) is 4.79 Å². The monoisotopic (exact) mass is 341 g/mol. The Labute approximate surface area is 147 Å². The van der Waals surface area contributed by atoms with E-state index in [1.54, 1.807) is 13.3 Å². The van der Waals surface area contributed by atoms with Crippen LogP contribution in [-0.2, 0) is 11.3 Å². The molecule has 132 valence electrons. The number of anilines is 1. The SMILES string of the molecule is COc1ccc(CNc2ccc(C(=O)N3CCOCC3)cc2C)nc1. The first-order chi connectivity index (χ1) is 12.2. The summed E-state index contributed by atoms with van der Waals surface area (Å²) in [5, 5.41) is 3.36. The molecular weight excluding hydrogens is 318 g/mol. The van der Waals surface area contributed by atoms with Gasteiger partial charge in [0, 0.05) is 24.3 Å². The van der Waals surface area contributed by atoms with Crippen molar-refractivity contribution in [2.75, 3.05) is 38.7 Å². The van der Waals surface area contributed by atoms with Crippen LogP contribution in [-0.4, -0.2) is 49.2 Å². The molecule has 1 aliphatic rings. The number of morpholine rings is 1. The number of benzene rings is 1. The standard InChI is InChI=1S/C19H23N3O3/c1-14-11-15(19(23)22-7-9-25-10-8-22)3-6-18(14)21-12-16-4-5-17(24-2)13-20-16/h3-6,11,13,21H,7-10,12H2,1-2H3. The highest BCUT2D eigenvalue weighted by Gasteiger charge is 2.18. The summed E-state index contributed by atoms with van der Waals surface area (Å²) in [5.74, 6) is 0.806. The normalized spacial score (nSPS) is 14.2. The molecule has 1 saturated heterocycles. The number of rotatable bonds is 5. The lowest BCUT2D eigenvalue weighted by molar-refractivity contribution is 0.0303. The third-order valence-electron chi connectivity index (χ3n) is 4.26. The number of nitrogens with zero attached hydrogens (tertiary/aromatic N) is 2. The van der Waals surface area contributed by atoms with Gasteiger partial charge in [-0.3, -0.25) is 9.78 Å². The molecule has 1 N–H and O–H groups in total. The molecular formula is C19H23N3O3. The number of carbonyl (C=O) groups excluding carboxylic acids is 1. The summed E-state index contributed by atoms with van der Waals surface area (Å²) in [7, 11) is 1.62. The second-order valence-corrected chi connectivity index (χ2v) is 5.98. The first-order valence-corrected chi connectivity index (χ1v) is 8.38. The number of aromatic nitrogens is 1. The van der Waals surface area contributed by atoms with E-state index in [0.717, 1.165) is 22.7 Å². The van der Waals surface area contributed by atoms with Crippen molar-refractivity contribution in [1.82, 2.24) is 9.88 Å². The third kappa shape index (κ3) is 4.28. The van der Waals surface area contributed by atoms with Gasteiger partial charge in [-0.2, -0.15) is 0 Å². The van der Waals surface area contributed by atoms with Gasteiger partial charge < -0.3 is 19.7 Å². The molecule has 0 aliphatic carbocycles. The summed E-state index contributed by atoms with van der Waals surface area (Å²) in [6, 6.07) is 9.57. The summed E-state index contributed by atoms with van der Waals surface area (Å²) in [6.07, 6.45) is 1.70. The quantitative estimate of drug-likeness (QED) is 0.905. The minimum Gasteiger partial charge on any atom is -0.495 e. The van der Waals surface area contributed by atoms with Crippen molar-refractivity contribution < 1.29 is 14.3 Å². The second-order valence-electron chi connectivity index (χ2n) is 5.98. The van der Waals surface area contributed by atoms with Gasteiger partial charge in [-0.05, 0) is 42.8 Å². The molecule has 25 heavy (non-hydrogen) atoms. The maximum absolute atomic E-state index is 12.5. The van der Waals surface area contributed by atoms with Gasteiger partial charge in [0.1, 0.15) is 5.75 Å². The molecule has 1 fully saturated rings. The van der Waals surface area contributed by atoms with E-state index in [4.69, 9.17) is 9.47 Å². The number of amides is 1. The zero-order chi connectivity index (χ0) is 17.6. The van der Waals surface area contributed by atoms with Crippen LogP contribution >= 0.6 is 0 Å². The number of carbonyl (C=O) groups is 1. The van der Waals surface area contributed by atoms with Gasteiger partial charge >= 0.3 is 0 Å². The molecule has 1 aromatic heterocycles. The average molecular weight is 341 g/mol. The third-order valence-corrected chi connectivity index (χ3v) is 4.26. The summed E-state index contributed by atoms with van der Waals surface area (Å²) < 4.78 is 10.4. The maximum Gasteiger partial charge on any atom is 0.254 e. The number of nitrogens with one attached hydrogen (secondary N) is 1. The first-order valence-electron chi connectivity index (χ1n) is 8.38. The Bertz CT molecular complexity index is 725. The minimum absolute atomic E-state index is 0.0646. The van der Waals surface area contributed by atoms with Crippen LogP contribution in [0.1, 0.15) is 21.6 Å². The Kier molecular flexibility index (Phi) is 5.50. The molecule has 6 nitrogen and oxygen atoms in total. The van der Waals surface area contributed by atoms with Gasteiger partial charge in [-0.25, -0.2) is 0 Å². The van der Waals surface area contributed by atoms with E-state index in [2.05, 4.69) is 10.3 Å². The topological polar surface area (TPSA) is 63.7 Å². The molecule has 0 atom stereocenters. The number of methoxy groups -OCH3 is 1. The zero-order valence-corrected chi connectivity index (χ0v) is 14.6. The van der Waals surface area contributed by atoms with Crippen LogP contribution in [0.4, 0.5) is 5.69 Å². The van der Waals surface area contributed by atoms with Crippen LogP contribution in [0.15, 0.2) is 36.5 Å². The number of aryl methyl sites for hydroxylation is 1. The van der Waals surface area contributed by atoms with Crippen molar-refractivity contribution in [3.63, 3.8) is 0 Å². The van der Waals surface area contributed by atoms with Crippen LogP contribution < -0.4 is 10.1 Å². The fourth-order valence-corrected chi connectivity index (χ4v) is 2.77. The van der Waals surface area contributed by atoms with Crippen LogP contribution in [0.5, 0.6) is 5.75 Å². The number of hydrogen-bond donors (Lipinski definition) is 1. The molecule has 6 heteroatoms. The molecule has 2 heterocycles. The van der Waals surface area contributed by atoms with E-state index in [1.807, 2.05) is 42.2 Å². The number of pyridine rings is 1. The molecule has 0 saturated carbocycles. The van der Waals surface area contributed by atoms with Gasteiger partial charge in [-0.1, -0.05) is 0 Å². The lowest BCUT2D eigenvalue weighted by Crippen LogP contribution is -2.40. The fourth-order valence-electron chi connectivity index (χ4n) is 2.77. The summed E-state index contributed by atoms with van der Waals surface area (Å²) in [4.78, 5) is 18.7. The minimum atomic E-state index is 0.0646. The van der Waals surface area contributed by atoms with Crippen molar-refractivity contribution in [3.05, 3.63) is 53.3 Å². The predicted octanol–water partition coefficient (Wildman–Crippen LogP) is 2.48. The van der Waals surface area contributed by atoms with Gasteiger partial charge in [0.15, 0.2) is 0 Å². The Balaban J connectivity index is 1.63. The van der Waals surface area contributed by atoms with E-state index >= 15 is 0 Å². The lowest BCUT2D eigenvalue weighted by atomic mass is 10.1. The van der Waals surface area contributed by atoms with Crippen LogP contribution in [0.3, 0.4) is 0 Å². The summed E-state index contributed by atoms with van der Waals surface area (Å²) >= 11 is 0. The molecule has 0 radical (unpaired) electrons. The predicted molar refractivity (Wildman–Crippen MR) is 96.0 cm³/mol. The van der Waals surface area contributed by atoms with Crippen LogP contribution in [0.25, 0.3) is 0 Å². The van der Waals surface area contributed by atoms with Crippen molar-refractivity contribution in [2.45, 2.75) is 13.5 Å². The second kappa shape index (κ2) is 7.98. The summed E-state index contributed by atoms with van der Waals surface area (Å²) in [5.41, 5.74) is 3.67. The van der Waals surface area contributed by atoms with Crippen molar-refractivity contribution in [2.24, 2.45) is 0 Å². The van der Waals surface area contributed by atoms with Gasteiger partial charge in [0.2, 0.25) is 0 Å². The smallest absolute Gasteiger partial charge is 0.254 e. The van der Waals surface area contributed by atoms with E-state index in [1.165, 1.54) is 0 Å². The largest absolute Gasteiger partial charge is 0.495 e. The number of ether oxygens (including phenoxy) is 2.